The third kappa shape index (κ3) is 4.24. The Morgan fingerprint density at radius 1 is 0.651 bits per heavy atom. The topological polar surface area (TPSA) is 6.48 Å². The molecule has 5 aromatic rings. The van der Waals surface area contributed by atoms with Crippen LogP contribution in [0, 0.1) is 0 Å². The molecule has 0 N–H and O–H groups in total. The number of hydrogen-bond donors (Lipinski definition) is 0. The van der Waals surface area contributed by atoms with E-state index in [0.29, 0.717) is 6.04 Å². The van der Waals surface area contributed by atoms with E-state index in [0.717, 1.165) is 24.2 Å². The van der Waals surface area contributed by atoms with Gasteiger partial charge in [-0.1, -0.05) is 109 Å². The molecule has 3 unspecified atom stereocenters. The van der Waals surface area contributed by atoms with Crippen molar-refractivity contribution in [3.05, 3.63) is 156 Å². The second-order valence-electron chi connectivity index (χ2n) is 12.2. The van der Waals surface area contributed by atoms with Gasteiger partial charge in [0.05, 0.1) is 11.2 Å². The number of allylic oxidation sites excluding steroid dienone is 1. The Morgan fingerprint density at radius 2 is 1.30 bits per heavy atom. The van der Waals surface area contributed by atoms with Crippen LogP contribution in [0.15, 0.2) is 140 Å². The summed E-state index contributed by atoms with van der Waals surface area (Å²) in [5, 5.41) is 2.68. The number of hydrogen-bond acceptors (Lipinski definition) is 2. The quantitative estimate of drug-likeness (QED) is 0.192. The Bertz CT molecular complexity index is 1830. The Hall–Kier alpha value is -4.82. The van der Waals surface area contributed by atoms with Crippen molar-refractivity contribution in [2.75, 3.05) is 9.80 Å². The van der Waals surface area contributed by atoms with Crippen LogP contribution in [0.1, 0.15) is 48.8 Å². The first-order chi connectivity index (χ1) is 21.2. The molecule has 43 heavy (non-hydrogen) atoms. The standard InChI is InChI=1S/C41H36N2/c1-41(43(34-18-10-4-11-19-34)35-20-12-5-13-21-35)29-28-31-22-25-36-38(27-24-30-23-26-37(41)40(31)39(30)36)42(32-14-6-2-7-15-32)33-16-8-3-9-17-33/h2-12,14-19,22-29,35,37H,13,20-21H2,1H3. The van der Waals surface area contributed by atoms with Crippen LogP contribution >= 0.6 is 0 Å². The maximum absolute atomic E-state index is 2.73. The van der Waals surface area contributed by atoms with Crippen molar-refractivity contribution < 1.29 is 0 Å². The van der Waals surface area contributed by atoms with E-state index in [1.165, 1.54) is 45.3 Å². The normalized spacial score (nSPS) is 21.6. The lowest BCUT2D eigenvalue weighted by Crippen LogP contribution is -2.55. The van der Waals surface area contributed by atoms with Gasteiger partial charge in [-0.25, -0.2) is 0 Å². The highest BCUT2D eigenvalue weighted by Gasteiger charge is 2.45. The van der Waals surface area contributed by atoms with Crippen molar-refractivity contribution in [2.45, 2.75) is 43.7 Å². The molecule has 3 atom stereocenters. The lowest BCUT2D eigenvalue weighted by Gasteiger charge is -2.52. The summed E-state index contributed by atoms with van der Waals surface area (Å²) in [6, 6.07) is 42.3. The van der Waals surface area contributed by atoms with Crippen molar-refractivity contribution in [3.63, 3.8) is 0 Å². The lowest BCUT2D eigenvalue weighted by atomic mass is 9.68. The van der Waals surface area contributed by atoms with E-state index < -0.39 is 0 Å². The van der Waals surface area contributed by atoms with Gasteiger partial charge in [-0.2, -0.15) is 0 Å². The van der Waals surface area contributed by atoms with Crippen molar-refractivity contribution in [2.24, 2.45) is 0 Å². The first-order valence-corrected chi connectivity index (χ1v) is 15.6. The van der Waals surface area contributed by atoms with Crippen LogP contribution in [0.3, 0.4) is 0 Å². The average molecular weight is 557 g/mol. The fraction of sp³-hybridized carbons (Fsp3) is 0.171. The van der Waals surface area contributed by atoms with E-state index in [9.17, 15) is 0 Å². The van der Waals surface area contributed by atoms with Gasteiger partial charge in [-0.3, -0.25) is 0 Å². The third-order valence-electron chi connectivity index (χ3n) is 9.70. The molecule has 8 rings (SSSR count). The lowest BCUT2D eigenvalue weighted by molar-refractivity contribution is 0.396. The zero-order valence-corrected chi connectivity index (χ0v) is 24.6. The second-order valence-corrected chi connectivity index (χ2v) is 12.2. The molecule has 0 spiro atoms. The minimum atomic E-state index is -0.207. The van der Waals surface area contributed by atoms with Crippen molar-refractivity contribution in [3.8, 4) is 0 Å². The van der Waals surface area contributed by atoms with Gasteiger partial charge < -0.3 is 9.80 Å². The molecule has 2 heteroatoms. The summed E-state index contributed by atoms with van der Waals surface area (Å²) in [6.07, 6.45) is 17.8. The summed E-state index contributed by atoms with van der Waals surface area (Å²) in [4.78, 5) is 5.14. The number of para-hydroxylation sites is 3. The van der Waals surface area contributed by atoms with Crippen LogP contribution in [0.2, 0.25) is 0 Å². The SMILES string of the molecule is CC1(N(c2ccccc2)C2CC=CCC2)C=Cc2ccc3c(N(c4ccccc4)c4ccccc4)ccc4c3c2C1C=C4. The predicted molar refractivity (Wildman–Crippen MR) is 184 cm³/mol. The average Bonchev–Trinajstić information content (AvgIpc) is 3.07. The maximum Gasteiger partial charge on any atom is 0.0666 e. The van der Waals surface area contributed by atoms with E-state index in [2.05, 4.69) is 168 Å². The maximum atomic E-state index is 2.73. The molecule has 0 aromatic heterocycles. The molecule has 3 aliphatic rings. The molecule has 0 saturated carbocycles. The first kappa shape index (κ1) is 25.9. The van der Waals surface area contributed by atoms with Crippen LogP contribution < -0.4 is 9.80 Å². The molecule has 5 aromatic carbocycles. The molecule has 0 heterocycles. The number of anilines is 4. The van der Waals surface area contributed by atoms with E-state index in [-0.39, 0.29) is 11.5 Å². The van der Waals surface area contributed by atoms with E-state index >= 15 is 0 Å². The van der Waals surface area contributed by atoms with Crippen molar-refractivity contribution in [1.82, 2.24) is 0 Å². The van der Waals surface area contributed by atoms with Gasteiger partial charge >= 0.3 is 0 Å². The van der Waals surface area contributed by atoms with Gasteiger partial charge in [-0.15, -0.1) is 0 Å². The Morgan fingerprint density at radius 3 is 1.95 bits per heavy atom. The Kier molecular flexibility index (Phi) is 6.30. The second kappa shape index (κ2) is 10.5. The highest BCUT2D eigenvalue weighted by Crippen LogP contribution is 2.52. The van der Waals surface area contributed by atoms with Gasteiger partial charge in [0.25, 0.3) is 0 Å². The van der Waals surface area contributed by atoms with Crippen LogP contribution in [-0.4, -0.2) is 11.6 Å². The zero-order chi connectivity index (χ0) is 28.8. The van der Waals surface area contributed by atoms with Crippen molar-refractivity contribution in [1.29, 1.82) is 0 Å². The van der Waals surface area contributed by atoms with E-state index in [1.807, 2.05) is 0 Å². The monoisotopic (exact) mass is 556 g/mol. The minimum absolute atomic E-state index is 0.207. The molecule has 2 nitrogen and oxygen atoms in total. The fourth-order valence-electron chi connectivity index (χ4n) is 7.76. The molecule has 210 valence electrons. The fourth-order valence-corrected chi connectivity index (χ4v) is 7.76. The molecule has 0 bridgehead atoms. The molecule has 0 aliphatic heterocycles. The summed E-state index contributed by atoms with van der Waals surface area (Å²) in [6.45, 7) is 2.46. The molecule has 0 saturated heterocycles. The summed E-state index contributed by atoms with van der Waals surface area (Å²) >= 11 is 0. The van der Waals surface area contributed by atoms with Gasteiger partial charge in [0.2, 0.25) is 0 Å². The summed E-state index contributed by atoms with van der Waals surface area (Å²) in [5.74, 6) is 0.229. The Balaban J connectivity index is 1.33. The van der Waals surface area contributed by atoms with Gasteiger partial charge in [0.1, 0.15) is 0 Å². The predicted octanol–water partition coefficient (Wildman–Crippen LogP) is 10.8. The minimum Gasteiger partial charge on any atom is -0.358 e. The molecular weight excluding hydrogens is 520 g/mol. The highest BCUT2D eigenvalue weighted by molar-refractivity contribution is 6.07. The number of rotatable bonds is 6. The highest BCUT2D eigenvalue weighted by atomic mass is 15.2. The summed E-state index contributed by atoms with van der Waals surface area (Å²) in [5.41, 5.74) is 8.72. The van der Waals surface area contributed by atoms with Gasteiger partial charge in [0.15, 0.2) is 0 Å². The number of benzene rings is 5. The molecule has 0 radical (unpaired) electrons. The third-order valence-corrected chi connectivity index (χ3v) is 9.70. The molecule has 0 amide bonds. The number of nitrogens with zero attached hydrogens (tertiary/aromatic N) is 2. The molecular formula is C41H36N2. The largest absolute Gasteiger partial charge is 0.358 e. The van der Waals surface area contributed by atoms with Crippen LogP contribution in [0.5, 0.6) is 0 Å². The first-order valence-electron chi connectivity index (χ1n) is 15.6. The van der Waals surface area contributed by atoms with Gasteiger partial charge in [-0.05, 0) is 90.7 Å². The summed E-state index contributed by atoms with van der Waals surface area (Å²) in [7, 11) is 0. The van der Waals surface area contributed by atoms with Crippen LogP contribution in [-0.2, 0) is 0 Å². The molecule has 0 fully saturated rings. The van der Waals surface area contributed by atoms with Gasteiger partial charge in [0, 0.05) is 34.4 Å². The van der Waals surface area contributed by atoms with Crippen LogP contribution in [0.25, 0.3) is 22.9 Å². The Labute approximate surface area is 254 Å². The summed E-state index contributed by atoms with van der Waals surface area (Å²) < 4.78 is 0. The zero-order valence-electron chi connectivity index (χ0n) is 24.6. The van der Waals surface area contributed by atoms with Crippen molar-refractivity contribution >= 4 is 45.7 Å². The molecule has 3 aliphatic carbocycles. The van der Waals surface area contributed by atoms with Crippen LogP contribution in [0.4, 0.5) is 22.7 Å². The van der Waals surface area contributed by atoms with E-state index in [1.54, 1.807) is 0 Å². The van der Waals surface area contributed by atoms with E-state index in [4.69, 9.17) is 0 Å². The smallest absolute Gasteiger partial charge is 0.0666 e.